The van der Waals surface area contributed by atoms with Gasteiger partial charge in [-0.2, -0.15) is 0 Å². The Balaban J connectivity index is 1.74. The fourth-order valence-electron chi connectivity index (χ4n) is 2.21. The fraction of sp³-hybridized carbons (Fsp3) is 0.235. The number of aromatic nitrogens is 1. The number of nitrogens with one attached hydrogen (secondary N) is 2. The standard InChI is InChI=1S/C17H17N3O4/c1-10(2)19-17(22)13-7-11(5-6-18-13)16(21)20-12-3-4-14-15(8-12)24-9-23-14/h3-8,10H,9H2,1-2H3,(H,19,22)(H,20,21). The average Bonchev–Trinajstić information content (AvgIpc) is 3.02. The second kappa shape index (κ2) is 6.57. The Morgan fingerprint density at radius 3 is 2.67 bits per heavy atom. The van der Waals surface area contributed by atoms with Crippen LogP contribution in [-0.4, -0.2) is 29.6 Å². The van der Waals surface area contributed by atoms with Crippen molar-refractivity contribution in [2.24, 2.45) is 0 Å². The van der Waals surface area contributed by atoms with Crippen molar-refractivity contribution in [2.45, 2.75) is 19.9 Å². The first-order valence-corrected chi connectivity index (χ1v) is 7.51. The Hall–Kier alpha value is -3.09. The van der Waals surface area contributed by atoms with Crippen molar-refractivity contribution in [3.63, 3.8) is 0 Å². The van der Waals surface area contributed by atoms with E-state index in [2.05, 4.69) is 15.6 Å². The van der Waals surface area contributed by atoms with Gasteiger partial charge >= 0.3 is 0 Å². The maximum atomic E-state index is 12.4. The molecule has 0 saturated heterocycles. The lowest BCUT2D eigenvalue weighted by Gasteiger charge is -2.09. The fourth-order valence-corrected chi connectivity index (χ4v) is 2.21. The summed E-state index contributed by atoms with van der Waals surface area (Å²) in [7, 11) is 0. The molecule has 0 spiro atoms. The van der Waals surface area contributed by atoms with E-state index in [0.717, 1.165) is 0 Å². The molecule has 0 fully saturated rings. The molecule has 0 unspecified atom stereocenters. The molecule has 0 radical (unpaired) electrons. The van der Waals surface area contributed by atoms with Crippen LogP contribution < -0.4 is 20.1 Å². The van der Waals surface area contributed by atoms with E-state index in [1.54, 1.807) is 24.3 Å². The first-order valence-electron chi connectivity index (χ1n) is 7.51. The summed E-state index contributed by atoms with van der Waals surface area (Å²) in [5.74, 6) is 0.571. The number of amides is 2. The van der Waals surface area contributed by atoms with Crippen LogP contribution in [0.3, 0.4) is 0 Å². The van der Waals surface area contributed by atoms with E-state index in [9.17, 15) is 9.59 Å². The van der Waals surface area contributed by atoms with E-state index >= 15 is 0 Å². The van der Waals surface area contributed by atoms with Gasteiger partial charge < -0.3 is 20.1 Å². The summed E-state index contributed by atoms with van der Waals surface area (Å²) in [5, 5.41) is 5.50. The summed E-state index contributed by atoms with van der Waals surface area (Å²) in [6.45, 7) is 3.88. The smallest absolute Gasteiger partial charge is 0.270 e. The zero-order valence-electron chi connectivity index (χ0n) is 13.3. The van der Waals surface area contributed by atoms with E-state index in [1.807, 2.05) is 13.8 Å². The number of hydrogen-bond acceptors (Lipinski definition) is 5. The number of hydrogen-bond donors (Lipinski definition) is 2. The molecule has 7 heteroatoms. The normalized spacial score (nSPS) is 12.1. The van der Waals surface area contributed by atoms with Crippen molar-refractivity contribution in [3.8, 4) is 11.5 Å². The molecular formula is C17H17N3O4. The van der Waals surface area contributed by atoms with Gasteiger partial charge in [0.15, 0.2) is 11.5 Å². The van der Waals surface area contributed by atoms with Gasteiger partial charge in [0.25, 0.3) is 11.8 Å². The predicted molar refractivity (Wildman–Crippen MR) is 87.4 cm³/mol. The van der Waals surface area contributed by atoms with Gasteiger partial charge in [0, 0.05) is 29.6 Å². The van der Waals surface area contributed by atoms with Crippen molar-refractivity contribution in [1.29, 1.82) is 0 Å². The number of pyridine rings is 1. The minimum absolute atomic E-state index is 0.00887. The zero-order valence-corrected chi connectivity index (χ0v) is 13.3. The second-order valence-electron chi connectivity index (χ2n) is 5.58. The zero-order chi connectivity index (χ0) is 17.1. The highest BCUT2D eigenvalue weighted by atomic mass is 16.7. The topological polar surface area (TPSA) is 89.6 Å². The van der Waals surface area contributed by atoms with Crippen molar-refractivity contribution in [3.05, 3.63) is 47.8 Å². The van der Waals surface area contributed by atoms with Crippen molar-refractivity contribution < 1.29 is 19.1 Å². The largest absolute Gasteiger partial charge is 0.454 e. The van der Waals surface area contributed by atoms with Crippen LogP contribution in [0.5, 0.6) is 11.5 Å². The molecule has 24 heavy (non-hydrogen) atoms. The van der Waals surface area contributed by atoms with Crippen LogP contribution in [0.15, 0.2) is 36.5 Å². The lowest BCUT2D eigenvalue weighted by molar-refractivity contribution is 0.0938. The molecule has 124 valence electrons. The summed E-state index contributed by atoms with van der Waals surface area (Å²) < 4.78 is 10.5. The molecule has 2 aromatic rings. The molecule has 0 saturated carbocycles. The van der Waals surface area contributed by atoms with Crippen LogP contribution >= 0.6 is 0 Å². The first-order chi connectivity index (χ1) is 11.5. The minimum Gasteiger partial charge on any atom is -0.454 e. The highest BCUT2D eigenvalue weighted by Gasteiger charge is 2.16. The van der Waals surface area contributed by atoms with Gasteiger partial charge in [-0.3, -0.25) is 14.6 Å². The van der Waals surface area contributed by atoms with Crippen LogP contribution in [-0.2, 0) is 0 Å². The molecule has 0 aliphatic carbocycles. The monoisotopic (exact) mass is 327 g/mol. The number of ether oxygens (including phenoxy) is 2. The highest BCUT2D eigenvalue weighted by Crippen LogP contribution is 2.34. The number of nitrogens with zero attached hydrogens (tertiary/aromatic N) is 1. The van der Waals surface area contributed by atoms with Gasteiger partial charge in [0.05, 0.1) is 0 Å². The highest BCUT2D eigenvalue weighted by molar-refractivity contribution is 6.05. The van der Waals surface area contributed by atoms with Crippen LogP contribution in [0.1, 0.15) is 34.7 Å². The van der Waals surface area contributed by atoms with Crippen LogP contribution in [0.2, 0.25) is 0 Å². The Bertz CT molecular complexity index is 789. The number of carbonyl (C=O) groups excluding carboxylic acids is 2. The summed E-state index contributed by atoms with van der Waals surface area (Å²) in [5.41, 5.74) is 1.12. The van der Waals surface area contributed by atoms with Crippen molar-refractivity contribution in [2.75, 3.05) is 12.1 Å². The van der Waals surface area contributed by atoms with Crippen LogP contribution in [0.25, 0.3) is 0 Å². The third kappa shape index (κ3) is 3.45. The molecule has 1 aromatic carbocycles. The van der Waals surface area contributed by atoms with E-state index in [0.29, 0.717) is 22.7 Å². The molecule has 2 heterocycles. The third-order valence-electron chi connectivity index (χ3n) is 3.30. The summed E-state index contributed by atoms with van der Waals surface area (Å²) in [6.07, 6.45) is 1.43. The third-order valence-corrected chi connectivity index (χ3v) is 3.30. The maximum Gasteiger partial charge on any atom is 0.270 e. The maximum absolute atomic E-state index is 12.4. The first kappa shape index (κ1) is 15.8. The average molecular weight is 327 g/mol. The molecule has 0 atom stereocenters. The number of fused-ring (bicyclic) bond motifs is 1. The Morgan fingerprint density at radius 2 is 1.88 bits per heavy atom. The van der Waals surface area contributed by atoms with E-state index in [-0.39, 0.29) is 30.3 Å². The van der Waals surface area contributed by atoms with Crippen LogP contribution in [0.4, 0.5) is 5.69 Å². The Kier molecular flexibility index (Phi) is 4.33. The molecular weight excluding hydrogens is 310 g/mol. The van der Waals surface area contributed by atoms with Crippen LogP contribution in [0, 0.1) is 0 Å². The van der Waals surface area contributed by atoms with Gasteiger partial charge in [0.2, 0.25) is 6.79 Å². The second-order valence-corrected chi connectivity index (χ2v) is 5.58. The van der Waals surface area contributed by atoms with E-state index < -0.39 is 0 Å². The summed E-state index contributed by atoms with van der Waals surface area (Å²) >= 11 is 0. The molecule has 1 aliphatic rings. The molecule has 2 N–H and O–H groups in total. The van der Waals surface area contributed by atoms with Gasteiger partial charge in [-0.1, -0.05) is 0 Å². The van der Waals surface area contributed by atoms with E-state index in [4.69, 9.17) is 9.47 Å². The molecule has 0 bridgehead atoms. The number of carbonyl (C=O) groups is 2. The quantitative estimate of drug-likeness (QED) is 0.898. The lowest BCUT2D eigenvalue weighted by atomic mass is 10.2. The Morgan fingerprint density at radius 1 is 1.08 bits per heavy atom. The summed E-state index contributed by atoms with van der Waals surface area (Å²) in [6, 6.07) is 8.14. The van der Waals surface area contributed by atoms with Crippen molar-refractivity contribution in [1.82, 2.24) is 10.3 Å². The van der Waals surface area contributed by atoms with Gasteiger partial charge in [-0.05, 0) is 38.1 Å². The van der Waals surface area contributed by atoms with Gasteiger partial charge in [-0.25, -0.2) is 0 Å². The molecule has 3 rings (SSSR count). The molecule has 7 nitrogen and oxygen atoms in total. The summed E-state index contributed by atoms with van der Waals surface area (Å²) in [4.78, 5) is 28.3. The number of anilines is 1. The number of benzene rings is 1. The molecule has 1 aromatic heterocycles. The van der Waals surface area contributed by atoms with Crippen molar-refractivity contribution >= 4 is 17.5 Å². The van der Waals surface area contributed by atoms with E-state index in [1.165, 1.54) is 12.3 Å². The van der Waals surface area contributed by atoms with Gasteiger partial charge in [-0.15, -0.1) is 0 Å². The Labute approximate surface area is 139 Å². The predicted octanol–water partition coefficient (Wildman–Crippen LogP) is 2.20. The molecule has 1 aliphatic heterocycles. The minimum atomic E-state index is -0.338. The SMILES string of the molecule is CC(C)NC(=O)c1cc(C(=O)Nc2ccc3c(c2)OCO3)ccn1. The molecule has 2 amide bonds. The van der Waals surface area contributed by atoms with Gasteiger partial charge in [0.1, 0.15) is 5.69 Å². The number of rotatable bonds is 4. The lowest BCUT2D eigenvalue weighted by Crippen LogP contribution is -2.31.